The maximum absolute atomic E-state index is 13.3. The van der Waals surface area contributed by atoms with Crippen LogP contribution in [0.2, 0.25) is 0 Å². The number of likely N-dealkylation sites (N-methyl/N-ethyl adjacent to an activating group) is 1. The Kier molecular flexibility index (Phi) is 7.71. The molecule has 3 rings (SSSR count). The molecular formula is C25H29N3O5. The predicted molar refractivity (Wildman–Crippen MR) is 125 cm³/mol. The quantitative estimate of drug-likeness (QED) is 0.462. The van der Waals surface area contributed by atoms with E-state index in [1.165, 1.54) is 11.9 Å². The molecule has 8 heteroatoms. The topological polar surface area (TPSA) is 112 Å². The fraction of sp³-hybridized carbons (Fsp3) is 0.320. The van der Waals surface area contributed by atoms with Crippen molar-refractivity contribution in [2.45, 2.75) is 44.9 Å². The minimum atomic E-state index is -1.16. The van der Waals surface area contributed by atoms with E-state index in [2.05, 4.69) is 10.3 Å². The summed E-state index contributed by atoms with van der Waals surface area (Å²) in [4.78, 5) is 42.1. The zero-order valence-corrected chi connectivity index (χ0v) is 18.9. The number of carboxylic acid groups (broad SMARTS) is 1. The molecule has 0 bridgehead atoms. The number of amides is 2. The fourth-order valence-corrected chi connectivity index (χ4v) is 3.64. The SMILES string of the molecule is CC(C)OC(=O)N(C)[C@@H](Cc1ccccc1)C(=O)N[C@@H](Cc1c[nH]c2ccccc12)C(=O)O. The molecule has 0 aliphatic rings. The number of aliphatic carboxylic acids is 1. The van der Waals surface area contributed by atoms with Crippen LogP contribution in [0, 0.1) is 0 Å². The van der Waals surface area contributed by atoms with E-state index in [0.29, 0.717) is 0 Å². The van der Waals surface area contributed by atoms with Crippen molar-refractivity contribution in [1.82, 2.24) is 15.2 Å². The number of hydrogen-bond acceptors (Lipinski definition) is 4. The van der Waals surface area contributed by atoms with Gasteiger partial charge < -0.3 is 20.1 Å². The van der Waals surface area contributed by atoms with E-state index in [9.17, 15) is 19.5 Å². The van der Waals surface area contributed by atoms with Crippen LogP contribution in [-0.4, -0.2) is 58.2 Å². The Morgan fingerprint density at radius 3 is 2.36 bits per heavy atom. The van der Waals surface area contributed by atoms with Crippen molar-refractivity contribution in [2.75, 3.05) is 7.05 Å². The van der Waals surface area contributed by atoms with Gasteiger partial charge in [0.2, 0.25) is 5.91 Å². The lowest BCUT2D eigenvalue weighted by molar-refractivity contribution is -0.142. The normalized spacial score (nSPS) is 12.8. The molecular weight excluding hydrogens is 422 g/mol. The molecule has 33 heavy (non-hydrogen) atoms. The van der Waals surface area contributed by atoms with Crippen molar-refractivity contribution >= 4 is 28.9 Å². The van der Waals surface area contributed by atoms with E-state index < -0.39 is 30.1 Å². The third-order valence-electron chi connectivity index (χ3n) is 5.38. The van der Waals surface area contributed by atoms with Gasteiger partial charge in [-0.05, 0) is 31.0 Å². The number of nitrogens with zero attached hydrogens (tertiary/aromatic N) is 1. The molecule has 2 aromatic carbocycles. The molecule has 174 valence electrons. The van der Waals surface area contributed by atoms with E-state index >= 15 is 0 Å². The van der Waals surface area contributed by atoms with Crippen LogP contribution in [0.1, 0.15) is 25.0 Å². The first-order valence-corrected chi connectivity index (χ1v) is 10.8. The van der Waals surface area contributed by atoms with Gasteiger partial charge in [0, 0.05) is 37.0 Å². The van der Waals surface area contributed by atoms with Gasteiger partial charge in [0.05, 0.1) is 6.10 Å². The number of benzene rings is 2. The van der Waals surface area contributed by atoms with E-state index in [-0.39, 0.29) is 18.9 Å². The summed E-state index contributed by atoms with van der Waals surface area (Å²) in [6.45, 7) is 3.44. The average Bonchev–Trinajstić information content (AvgIpc) is 3.19. The summed E-state index contributed by atoms with van der Waals surface area (Å²) in [5, 5.41) is 13.3. The first-order valence-electron chi connectivity index (χ1n) is 10.8. The fourth-order valence-electron chi connectivity index (χ4n) is 3.64. The molecule has 1 heterocycles. The minimum absolute atomic E-state index is 0.100. The number of carbonyl (C=O) groups is 3. The third kappa shape index (κ3) is 6.12. The Labute approximate surface area is 192 Å². The van der Waals surface area contributed by atoms with Gasteiger partial charge in [-0.15, -0.1) is 0 Å². The summed E-state index contributed by atoms with van der Waals surface area (Å²) in [7, 11) is 1.48. The summed E-state index contributed by atoms with van der Waals surface area (Å²) in [6, 6.07) is 14.7. The third-order valence-corrected chi connectivity index (χ3v) is 5.38. The Morgan fingerprint density at radius 2 is 1.70 bits per heavy atom. The molecule has 0 aliphatic carbocycles. The van der Waals surface area contributed by atoms with Crippen molar-refractivity contribution in [3.63, 3.8) is 0 Å². The molecule has 0 spiro atoms. The first kappa shape index (κ1) is 23.8. The number of aromatic amines is 1. The molecule has 0 saturated heterocycles. The summed E-state index contributed by atoms with van der Waals surface area (Å²) in [6.07, 6.45) is 1.07. The first-order chi connectivity index (χ1) is 15.8. The maximum Gasteiger partial charge on any atom is 0.410 e. The summed E-state index contributed by atoms with van der Waals surface area (Å²) in [5.41, 5.74) is 2.51. The molecule has 2 amide bonds. The zero-order valence-electron chi connectivity index (χ0n) is 18.9. The monoisotopic (exact) mass is 451 g/mol. The van der Waals surface area contributed by atoms with E-state index in [1.807, 2.05) is 54.6 Å². The lowest BCUT2D eigenvalue weighted by atomic mass is 10.0. The highest BCUT2D eigenvalue weighted by Gasteiger charge is 2.32. The molecule has 3 aromatic rings. The number of nitrogens with one attached hydrogen (secondary N) is 2. The van der Waals surface area contributed by atoms with Gasteiger partial charge in [-0.3, -0.25) is 9.69 Å². The Balaban J connectivity index is 1.81. The second-order valence-corrected chi connectivity index (χ2v) is 8.21. The molecule has 0 unspecified atom stereocenters. The van der Waals surface area contributed by atoms with Crippen LogP contribution in [0.3, 0.4) is 0 Å². The highest BCUT2D eigenvalue weighted by atomic mass is 16.6. The van der Waals surface area contributed by atoms with Gasteiger partial charge in [0.25, 0.3) is 0 Å². The maximum atomic E-state index is 13.3. The summed E-state index contributed by atoms with van der Waals surface area (Å²) < 4.78 is 5.25. The minimum Gasteiger partial charge on any atom is -0.480 e. The van der Waals surface area contributed by atoms with Gasteiger partial charge >= 0.3 is 12.1 Å². The zero-order chi connectivity index (χ0) is 24.0. The van der Waals surface area contributed by atoms with Crippen LogP contribution >= 0.6 is 0 Å². The standard InChI is InChI=1S/C25H29N3O5/c1-16(2)33-25(32)28(3)22(13-17-9-5-4-6-10-17)23(29)27-21(24(30)31)14-18-15-26-20-12-8-7-11-19(18)20/h4-12,15-16,21-22,26H,13-14H2,1-3H3,(H,27,29)(H,30,31)/t21-,22-/m0/s1. The summed E-state index contributed by atoms with van der Waals surface area (Å²) >= 11 is 0. The van der Waals surface area contributed by atoms with Crippen molar-refractivity contribution in [1.29, 1.82) is 0 Å². The van der Waals surface area contributed by atoms with Gasteiger partial charge in [0.15, 0.2) is 0 Å². The number of carbonyl (C=O) groups excluding carboxylic acids is 2. The number of fused-ring (bicyclic) bond motifs is 1. The molecule has 1 aromatic heterocycles. The molecule has 0 saturated carbocycles. The van der Waals surface area contributed by atoms with Crippen LogP contribution in [-0.2, 0) is 27.2 Å². The van der Waals surface area contributed by atoms with Crippen LogP contribution in [0.5, 0.6) is 0 Å². The van der Waals surface area contributed by atoms with Crippen molar-refractivity contribution in [2.24, 2.45) is 0 Å². The summed E-state index contributed by atoms with van der Waals surface area (Å²) in [5.74, 6) is -1.71. The molecule has 0 aliphatic heterocycles. The molecule has 0 radical (unpaired) electrons. The largest absolute Gasteiger partial charge is 0.480 e. The van der Waals surface area contributed by atoms with Gasteiger partial charge in [-0.25, -0.2) is 9.59 Å². The number of ether oxygens (including phenoxy) is 1. The Bertz CT molecular complexity index is 1110. The predicted octanol–water partition coefficient (Wildman–Crippen LogP) is 3.37. The molecule has 2 atom stereocenters. The number of carboxylic acids is 1. The molecule has 0 fully saturated rings. The molecule has 8 nitrogen and oxygen atoms in total. The van der Waals surface area contributed by atoms with Crippen LogP contribution in [0.15, 0.2) is 60.8 Å². The smallest absolute Gasteiger partial charge is 0.410 e. The lowest BCUT2D eigenvalue weighted by Crippen LogP contribution is -2.53. The van der Waals surface area contributed by atoms with Gasteiger partial charge in [0.1, 0.15) is 12.1 Å². The van der Waals surface area contributed by atoms with E-state index in [4.69, 9.17) is 4.74 Å². The average molecular weight is 452 g/mol. The molecule has 3 N–H and O–H groups in total. The number of aromatic nitrogens is 1. The second-order valence-electron chi connectivity index (χ2n) is 8.21. The van der Waals surface area contributed by atoms with Gasteiger partial charge in [-0.1, -0.05) is 48.5 Å². The number of H-pyrrole nitrogens is 1. The van der Waals surface area contributed by atoms with Crippen molar-refractivity contribution in [3.05, 3.63) is 71.9 Å². The highest BCUT2D eigenvalue weighted by Crippen LogP contribution is 2.19. The number of rotatable bonds is 9. The van der Waals surface area contributed by atoms with E-state index in [0.717, 1.165) is 22.0 Å². The number of hydrogen-bond donors (Lipinski definition) is 3. The lowest BCUT2D eigenvalue weighted by Gasteiger charge is -2.28. The second kappa shape index (κ2) is 10.7. The van der Waals surface area contributed by atoms with Gasteiger partial charge in [-0.2, -0.15) is 0 Å². The van der Waals surface area contributed by atoms with Crippen molar-refractivity contribution < 1.29 is 24.2 Å². The highest BCUT2D eigenvalue weighted by molar-refractivity contribution is 5.90. The Morgan fingerprint density at radius 1 is 1.03 bits per heavy atom. The Hall–Kier alpha value is -3.81. The van der Waals surface area contributed by atoms with Crippen LogP contribution in [0.25, 0.3) is 10.9 Å². The van der Waals surface area contributed by atoms with Crippen molar-refractivity contribution in [3.8, 4) is 0 Å². The van der Waals surface area contributed by atoms with Crippen LogP contribution < -0.4 is 5.32 Å². The number of para-hydroxylation sites is 1. The van der Waals surface area contributed by atoms with Crippen LogP contribution in [0.4, 0.5) is 4.79 Å². The van der Waals surface area contributed by atoms with E-state index in [1.54, 1.807) is 20.0 Å².